The lowest BCUT2D eigenvalue weighted by molar-refractivity contribution is 0.0586. The van der Waals surface area contributed by atoms with Crippen LogP contribution >= 0.6 is 0 Å². The zero-order valence-electron chi connectivity index (χ0n) is 13.1. The maximum Gasteiger partial charge on any atom is 0.376 e. The Balaban J connectivity index is 2.03. The molecule has 1 aromatic heterocycles. The highest BCUT2D eigenvalue weighted by atomic mass is 16.5. The van der Waals surface area contributed by atoms with E-state index in [1.54, 1.807) is 0 Å². The number of nitrogens with one attached hydrogen (secondary N) is 1. The van der Waals surface area contributed by atoms with Crippen molar-refractivity contribution < 1.29 is 9.53 Å². The molecule has 0 amide bonds. The number of anilines is 1. The normalized spacial score (nSPS) is 16.0. The number of methoxy groups -OCH3 is 1. The molecular weight excluding hydrogens is 268 g/mol. The molecule has 116 valence electrons. The molecule has 0 spiro atoms. The first-order valence-corrected chi connectivity index (χ1v) is 7.53. The zero-order chi connectivity index (χ0) is 15.2. The summed E-state index contributed by atoms with van der Waals surface area (Å²) < 4.78 is 4.70. The van der Waals surface area contributed by atoms with Gasteiger partial charge < -0.3 is 15.0 Å². The van der Waals surface area contributed by atoms with Gasteiger partial charge in [0.25, 0.3) is 0 Å². The number of rotatable bonds is 5. The minimum absolute atomic E-state index is 0.141. The van der Waals surface area contributed by atoms with Crippen molar-refractivity contribution in [1.82, 2.24) is 15.3 Å². The SMILES string of the molecule is CCNCC1CCN(c2cc(C)nc(C(=O)OC)n2)CC1. The summed E-state index contributed by atoms with van der Waals surface area (Å²) in [5.41, 5.74) is 0.787. The second-order valence-electron chi connectivity index (χ2n) is 5.42. The molecule has 0 saturated carbocycles. The van der Waals surface area contributed by atoms with E-state index in [4.69, 9.17) is 4.74 Å². The van der Waals surface area contributed by atoms with Gasteiger partial charge in [-0.15, -0.1) is 0 Å². The van der Waals surface area contributed by atoms with Gasteiger partial charge in [-0.05, 0) is 38.8 Å². The summed E-state index contributed by atoms with van der Waals surface area (Å²) in [6.07, 6.45) is 2.28. The highest BCUT2D eigenvalue weighted by Gasteiger charge is 2.21. The van der Waals surface area contributed by atoms with Crippen LogP contribution in [0, 0.1) is 12.8 Å². The van der Waals surface area contributed by atoms with E-state index < -0.39 is 5.97 Å². The van der Waals surface area contributed by atoms with E-state index in [0.29, 0.717) is 0 Å². The average Bonchev–Trinajstić information content (AvgIpc) is 2.52. The molecule has 21 heavy (non-hydrogen) atoms. The van der Waals surface area contributed by atoms with Gasteiger partial charge in [-0.1, -0.05) is 6.92 Å². The van der Waals surface area contributed by atoms with Crippen molar-refractivity contribution in [3.05, 3.63) is 17.6 Å². The maximum absolute atomic E-state index is 11.6. The molecule has 6 nitrogen and oxygen atoms in total. The van der Waals surface area contributed by atoms with Crippen LogP contribution in [0.25, 0.3) is 0 Å². The third-order valence-electron chi connectivity index (χ3n) is 3.83. The van der Waals surface area contributed by atoms with Gasteiger partial charge in [-0.3, -0.25) is 0 Å². The fourth-order valence-electron chi connectivity index (χ4n) is 2.61. The predicted molar refractivity (Wildman–Crippen MR) is 81.6 cm³/mol. The van der Waals surface area contributed by atoms with Crippen molar-refractivity contribution in [3.8, 4) is 0 Å². The summed E-state index contributed by atoms with van der Waals surface area (Å²) in [5, 5.41) is 3.41. The summed E-state index contributed by atoms with van der Waals surface area (Å²) in [6, 6.07) is 1.93. The molecule has 6 heteroatoms. The van der Waals surface area contributed by atoms with Crippen LogP contribution < -0.4 is 10.2 Å². The van der Waals surface area contributed by atoms with Crippen LogP contribution in [-0.4, -0.2) is 49.2 Å². The van der Waals surface area contributed by atoms with Crippen molar-refractivity contribution >= 4 is 11.8 Å². The van der Waals surface area contributed by atoms with E-state index in [-0.39, 0.29) is 5.82 Å². The van der Waals surface area contributed by atoms with E-state index in [9.17, 15) is 4.79 Å². The Hall–Kier alpha value is -1.69. The largest absolute Gasteiger partial charge is 0.463 e. The van der Waals surface area contributed by atoms with Crippen molar-refractivity contribution in [3.63, 3.8) is 0 Å². The Labute approximate surface area is 125 Å². The summed E-state index contributed by atoms with van der Waals surface area (Å²) in [7, 11) is 1.35. The van der Waals surface area contributed by atoms with Crippen molar-refractivity contribution in [2.24, 2.45) is 5.92 Å². The number of hydrogen-bond donors (Lipinski definition) is 1. The number of carbonyl (C=O) groups excluding carboxylic acids is 1. The summed E-state index contributed by atoms with van der Waals surface area (Å²) in [5.74, 6) is 1.21. The van der Waals surface area contributed by atoms with E-state index >= 15 is 0 Å². The smallest absolute Gasteiger partial charge is 0.376 e. The predicted octanol–water partition coefficient (Wildman–Crippen LogP) is 1.40. The summed E-state index contributed by atoms with van der Waals surface area (Å²) >= 11 is 0. The molecule has 0 radical (unpaired) electrons. The van der Waals surface area contributed by atoms with Gasteiger partial charge >= 0.3 is 5.97 Å². The molecule has 0 atom stereocenters. The molecule has 1 aromatic rings. The highest BCUT2D eigenvalue weighted by Crippen LogP contribution is 2.22. The molecular formula is C15H24N4O2. The quantitative estimate of drug-likeness (QED) is 0.827. The van der Waals surface area contributed by atoms with Gasteiger partial charge in [0.2, 0.25) is 5.82 Å². The molecule has 1 aliphatic heterocycles. The third-order valence-corrected chi connectivity index (χ3v) is 3.83. The van der Waals surface area contributed by atoms with E-state index in [0.717, 1.165) is 56.5 Å². The number of nitrogens with zero attached hydrogens (tertiary/aromatic N) is 3. The minimum atomic E-state index is -0.484. The third kappa shape index (κ3) is 4.14. The number of carbonyl (C=O) groups is 1. The van der Waals surface area contributed by atoms with Gasteiger partial charge in [0.15, 0.2) is 0 Å². The van der Waals surface area contributed by atoms with Crippen LogP contribution in [0.4, 0.5) is 5.82 Å². The monoisotopic (exact) mass is 292 g/mol. The number of aromatic nitrogens is 2. The first-order chi connectivity index (χ1) is 10.1. The molecule has 2 heterocycles. The highest BCUT2D eigenvalue weighted by molar-refractivity contribution is 5.85. The fraction of sp³-hybridized carbons (Fsp3) is 0.667. The van der Waals surface area contributed by atoms with Crippen LogP contribution in [0.15, 0.2) is 6.07 Å². The van der Waals surface area contributed by atoms with Crippen LogP contribution in [-0.2, 0) is 4.74 Å². The number of aryl methyl sites for hydroxylation is 1. The number of hydrogen-bond acceptors (Lipinski definition) is 6. The fourth-order valence-corrected chi connectivity index (χ4v) is 2.61. The van der Waals surface area contributed by atoms with Crippen LogP contribution in [0.2, 0.25) is 0 Å². The Bertz CT molecular complexity index is 485. The molecule has 2 rings (SSSR count). The Kier molecular flexibility index (Phi) is 5.50. The van der Waals surface area contributed by atoms with E-state index in [1.807, 2.05) is 13.0 Å². The van der Waals surface area contributed by atoms with Crippen LogP contribution in [0.3, 0.4) is 0 Å². The molecule has 0 aromatic carbocycles. The summed E-state index contributed by atoms with van der Waals surface area (Å²) in [6.45, 7) is 8.04. The Morgan fingerprint density at radius 1 is 1.43 bits per heavy atom. The van der Waals surface area contributed by atoms with Gasteiger partial charge in [-0.25, -0.2) is 14.8 Å². The van der Waals surface area contributed by atoms with Crippen LogP contribution in [0.1, 0.15) is 36.1 Å². The minimum Gasteiger partial charge on any atom is -0.463 e. The van der Waals surface area contributed by atoms with Gasteiger partial charge in [0.05, 0.1) is 7.11 Å². The van der Waals surface area contributed by atoms with E-state index in [2.05, 4.69) is 27.1 Å². The van der Waals surface area contributed by atoms with Gasteiger partial charge in [0.1, 0.15) is 5.82 Å². The molecule has 1 saturated heterocycles. The molecule has 0 unspecified atom stereocenters. The molecule has 1 fully saturated rings. The number of piperidine rings is 1. The molecule has 0 aliphatic carbocycles. The Morgan fingerprint density at radius 2 is 2.14 bits per heavy atom. The standard InChI is InChI=1S/C15H24N4O2/c1-4-16-10-12-5-7-19(8-6-12)13-9-11(2)17-14(18-13)15(20)21-3/h9,12,16H,4-8,10H2,1-3H3. The first kappa shape index (κ1) is 15.7. The lowest BCUT2D eigenvalue weighted by Crippen LogP contribution is -2.38. The second kappa shape index (κ2) is 7.36. The number of ether oxygens (including phenoxy) is 1. The molecule has 0 bridgehead atoms. The topological polar surface area (TPSA) is 67.4 Å². The van der Waals surface area contributed by atoms with E-state index in [1.165, 1.54) is 7.11 Å². The molecule has 1 aliphatic rings. The number of esters is 1. The van der Waals surface area contributed by atoms with Crippen molar-refractivity contribution in [2.45, 2.75) is 26.7 Å². The average molecular weight is 292 g/mol. The van der Waals surface area contributed by atoms with Gasteiger partial charge in [-0.2, -0.15) is 0 Å². The first-order valence-electron chi connectivity index (χ1n) is 7.53. The molecule has 1 N–H and O–H groups in total. The van der Waals surface area contributed by atoms with Crippen molar-refractivity contribution in [1.29, 1.82) is 0 Å². The Morgan fingerprint density at radius 3 is 2.76 bits per heavy atom. The lowest BCUT2D eigenvalue weighted by atomic mass is 9.97. The summed E-state index contributed by atoms with van der Waals surface area (Å²) in [4.78, 5) is 22.3. The maximum atomic E-state index is 11.6. The lowest BCUT2D eigenvalue weighted by Gasteiger charge is -2.33. The zero-order valence-corrected chi connectivity index (χ0v) is 13.1. The second-order valence-corrected chi connectivity index (χ2v) is 5.42. The van der Waals surface area contributed by atoms with Gasteiger partial charge in [0, 0.05) is 24.8 Å². The van der Waals surface area contributed by atoms with Crippen LogP contribution in [0.5, 0.6) is 0 Å². The van der Waals surface area contributed by atoms with Crippen molar-refractivity contribution in [2.75, 3.05) is 38.2 Å².